The fourth-order valence-electron chi connectivity index (χ4n) is 1.64. The third-order valence-corrected chi connectivity index (χ3v) is 3.05. The quantitative estimate of drug-likeness (QED) is 0.334. The Morgan fingerprint density at radius 2 is 2.11 bits per heavy atom. The Morgan fingerprint density at radius 1 is 1.42 bits per heavy atom. The number of aliphatic imine (C=N–C) groups is 1. The van der Waals surface area contributed by atoms with E-state index >= 15 is 0 Å². The summed E-state index contributed by atoms with van der Waals surface area (Å²) in [5.74, 6) is 0.688. The van der Waals surface area contributed by atoms with Crippen molar-refractivity contribution in [2.24, 2.45) is 4.99 Å². The summed E-state index contributed by atoms with van der Waals surface area (Å²) >= 11 is 3.25. The van der Waals surface area contributed by atoms with Crippen LogP contribution in [-0.2, 0) is 6.42 Å². The van der Waals surface area contributed by atoms with E-state index < -0.39 is 0 Å². The third-order valence-electron chi connectivity index (χ3n) is 2.56. The normalized spacial score (nSPS) is 10.9. The molecular formula is C13H20BrFIN3. The van der Waals surface area contributed by atoms with Crippen molar-refractivity contribution in [3.63, 3.8) is 0 Å². The van der Waals surface area contributed by atoms with E-state index in [1.807, 2.05) is 31.1 Å². The molecule has 0 aliphatic rings. The minimum absolute atomic E-state index is 0. The molecule has 0 aliphatic heterocycles. The number of nitrogens with one attached hydrogen (secondary N) is 1. The molecule has 1 aromatic rings. The zero-order chi connectivity index (χ0) is 13.5. The van der Waals surface area contributed by atoms with Crippen molar-refractivity contribution in [3.8, 4) is 0 Å². The Balaban J connectivity index is 0.00000324. The first-order valence-electron chi connectivity index (χ1n) is 5.86. The van der Waals surface area contributed by atoms with Crippen LogP contribution in [-0.4, -0.2) is 38.5 Å². The first kappa shape index (κ1) is 18.6. The summed E-state index contributed by atoms with van der Waals surface area (Å²) < 4.78 is 14.3. The molecule has 1 aromatic carbocycles. The van der Waals surface area contributed by atoms with Gasteiger partial charge in [-0.3, -0.25) is 4.99 Å². The van der Waals surface area contributed by atoms with E-state index in [1.165, 1.54) is 6.07 Å². The minimum atomic E-state index is -0.152. The Morgan fingerprint density at radius 3 is 2.63 bits per heavy atom. The molecule has 0 heterocycles. The van der Waals surface area contributed by atoms with Crippen LogP contribution in [0.25, 0.3) is 0 Å². The van der Waals surface area contributed by atoms with Gasteiger partial charge in [0.1, 0.15) is 5.82 Å². The average Bonchev–Trinajstić information content (AvgIpc) is 2.31. The maximum Gasteiger partial charge on any atom is 0.193 e. The van der Waals surface area contributed by atoms with Gasteiger partial charge in [-0.1, -0.05) is 22.0 Å². The Hall–Kier alpha value is -0.370. The minimum Gasteiger partial charge on any atom is -0.356 e. The molecule has 0 atom stereocenters. The number of rotatable bonds is 4. The number of hydrogen-bond donors (Lipinski definition) is 1. The lowest BCUT2D eigenvalue weighted by atomic mass is 10.1. The smallest absolute Gasteiger partial charge is 0.193 e. The van der Waals surface area contributed by atoms with E-state index in [0.717, 1.165) is 35.4 Å². The lowest BCUT2D eigenvalue weighted by Crippen LogP contribution is -2.36. The molecule has 0 amide bonds. The summed E-state index contributed by atoms with van der Waals surface area (Å²) in [5, 5.41) is 3.21. The van der Waals surface area contributed by atoms with Crippen molar-refractivity contribution < 1.29 is 4.39 Å². The summed E-state index contributed by atoms with van der Waals surface area (Å²) in [6.45, 7) is 0.778. The first-order chi connectivity index (χ1) is 8.54. The van der Waals surface area contributed by atoms with Crippen molar-refractivity contribution in [2.75, 3.05) is 27.7 Å². The summed E-state index contributed by atoms with van der Waals surface area (Å²) in [6.07, 6.45) is 1.59. The van der Waals surface area contributed by atoms with E-state index in [4.69, 9.17) is 0 Å². The second kappa shape index (κ2) is 9.52. The van der Waals surface area contributed by atoms with Gasteiger partial charge in [-0.05, 0) is 30.5 Å². The zero-order valence-corrected chi connectivity index (χ0v) is 15.3. The maximum atomic E-state index is 13.5. The standard InChI is InChI=1S/C13H19BrFN3.HI/c1-16-13(18(2)3)17-8-4-5-10-6-7-11(14)9-12(10)15;/h6-7,9H,4-5,8H2,1-3H3,(H,16,17);1H. The molecule has 6 heteroatoms. The third kappa shape index (κ3) is 6.56. The van der Waals surface area contributed by atoms with Crippen LogP contribution >= 0.6 is 39.9 Å². The Bertz CT molecular complexity index is 424. The van der Waals surface area contributed by atoms with Crippen molar-refractivity contribution in [1.82, 2.24) is 10.2 Å². The predicted octanol–water partition coefficient (Wildman–Crippen LogP) is 3.28. The van der Waals surface area contributed by atoms with Crippen LogP contribution in [0.5, 0.6) is 0 Å². The van der Waals surface area contributed by atoms with Gasteiger partial charge in [-0.2, -0.15) is 0 Å². The van der Waals surface area contributed by atoms with Gasteiger partial charge in [0, 0.05) is 32.2 Å². The van der Waals surface area contributed by atoms with Gasteiger partial charge < -0.3 is 10.2 Å². The molecule has 0 bridgehead atoms. The number of aryl methyl sites for hydroxylation is 1. The fourth-order valence-corrected chi connectivity index (χ4v) is 1.97. The monoisotopic (exact) mass is 443 g/mol. The number of hydrogen-bond acceptors (Lipinski definition) is 1. The molecular weight excluding hydrogens is 424 g/mol. The predicted molar refractivity (Wildman–Crippen MR) is 92.9 cm³/mol. The Labute approximate surface area is 139 Å². The van der Waals surface area contributed by atoms with Gasteiger partial charge in [0.25, 0.3) is 0 Å². The molecule has 0 saturated carbocycles. The van der Waals surface area contributed by atoms with E-state index in [-0.39, 0.29) is 29.8 Å². The van der Waals surface area contributed by atoms with Gasteiger partial charge in [-0.15, -0.1) is 24.0 Å². The van der Waals surface area contributed by atoms with Gasteiger partial charge in [0.05, 0.1) is 0 Å². The largest absolute Gasteiger partial charge is 0.356 e. The van der Waals surface area contributed by atoms with Gasteiger partial charge >= 0.3 is 0 Å². The molecule has 0 aliphatic carbocycles. The number of halogens is 3. The average molecular weight is 444 g/mol. The van der Waals surface area contributed by atoms with Crippen LogP contribution in [0.15, 0.2) is 27.7 Å². The summed E-state index contributed by atoms with van der Waals surface area (Å²) in [5.41, 5.74) is 0.750. The molecule has 0 unspecified atom stereocenters. The second-order valence-corrected chi connectivity index (χ2v) is 5.12. The lowest BCUT2D eigenvalue weighted by molar-refractivity contribution is 0.573. The van der Waals surface area contributed by atoms with Crippen molar-refractivity contribution in [1.29, 1.82) is 0 Å². The molecule has 1 rings (SSSR count). The molecule has 0 spiro atoms. The highest BCUT2D eigenvalue weighted by Gasteiger charge is 2.03. The molecule has 0 fully saturated rings. The molecule has 19 heavy (non-hydrogen) atoms. The van der Waals surface area contributed by atoms with Crippen molar-refractivity contribution in [3.05, 3.63) is 34.1 Å². The molecule has 0 saturated heterocycles. The number of guanidine groups is 1. The highest BCUT2D eigenvalue weighted by Crippen LogP contribution is 2.16. The molecule has 0 aromatic heterocycles. The van der Waals surface area contributed by atoms with Gasteiger partial charge in [-0.25, -0.2) is 4.39 Å². The zero-order valence-electron chi connectivity index (χ0n) is 11.4. The van der Waals surface area contributed by atoms with Crippen LogP contribution in [0.3, 0.4) is 0 Å². The van der Waals surface area contributed by atoms with E-state index in [2.05, 4.69) is 26.2 Å². The van der Waals surface area contributed by atoms with Crippen molar-refractivity contribution in [2.45, 2.75) is 12.8 Å². The summed E-state index contributed by atoms with van der Waals surface area (Å²) in [6, 6.07) is 5.19. The SMILES string of the molecule is CN=C(NCCCc1ccc(Br)cc1F)N(C)C.I. The van der Waals surface area contributed by atoms with Gasteiger partial charge in [0.15, 0.2) is 5.96 Å². The molecule has 1 N–H and O–H groups in total. The number of benzene rings is 1. The Kier molecular flexibility index (Phi) is 9.34. The topological polar surface area (TPSA) is 27.6 Å². The van der Waals surface area contributed by atoms with Crippen LogP contribution < -0.4 is 5.32 Å². The summed E-state index contributed by atoms with van der Waals surface area (Å²) in [4.78, 5) is 6.03. The van der Waals surface area contributed by atoms with E-state index in [9.17, 15) is 4.39 Å². The van der Waals surface area contributed by atoms with Crippen LogP contribution in [0.4, 0.5) is 4.39 Å². The molecule has 0 radical (unpaired) electrons. The maximum absolute atomic E-state index is 13.5. The first-order valence-corrected chi connectivity index (χ1v) is 6.65. The van der Waals surface area contributed by atoms with Crippen molar-refractivity contribution >= 4 is 45.9 Å². The van der Waals surface area contributed by atoms with Crippen LogP contribution in [0, 0.1) is 5.82 Å². The molecule has 108 valence electrons. The highest BCUT2D eigenvalue weighted by atomic mass is 127. The van der Waals surface area contributed by atoms with Crippen LogP contribution in [0.1, 0.15) is 12.0 Å². The number of nitrogens with zero attached hydrogens (tertiary/aromatic N) is 2. The fraction of sp³-hybridized carbons (Fsp3) is 0.462. The van der Waals surface area contributed by atoms with E-state index in [1.54, 1.807) is 7.05 Å². The lowest BCUT2D eigenvalue weighted by Gasteiger charge is -2.16. The highest BCUT2D eigenvalue weighted by molar-refractivity contribution is 14.0. The summed E-state index contributed by atoms with van der Waals surface area (Å²) in [7, 11) is 5.62. The van der Waals surface area contributed by atoms with Crippen LogP contribution in [0.2, 0.25) is 0 Å². The van der Waals surface area contributed by atoms with Gasteiger partial charge in [0.2, 0.25) is 0 Å². The van der Waals surface area contributed by atoms with E-state index in [0.29, 0.717) is 0 Å². The molecule has 3 nitrogen and oxygen atoms in total. The second-order valence-electron chi connectivity index (χ2n) is 4.21.